The summed E-state index contributed by atoms with van der Waals surface area (Å²) in [5.74, 6) is 2.79. The molecule has 3 heteroatoms. The summed E-state index contributed by atoms with van der Waals surface area (Å²) < 4.78 is 6.95. The Hall–Kier alpha value is -1.38. The molecule has 4 rings (SSSR count). The number of allylic oxidation sites excluding steroid dienone is 3. The van der Waals surface area contributed by atoms with Crippen molar-refractivity contribution in [1.82, 2.24) is 0 Å². The van der Waals surface area contributed by atoms with E-state index in [2.05, 4.69) is 41.2 Å². The van der Waals surface area contributed by atoms with E-state index in [0.29, 0.717) is 28.9 Å². The van der Waals surface area contributed by atoms with Crippen LogP contribution in [0.4, 0.5) is 0 Å². The molecule has 2 saturated carbocycles. The second-order valence-electron chi connectivity index (χ2n) is 14.0. The molecule has 0 bridgehead atoms. The second-order valence-corrected chi connectivity index (χ2v) is 14.0. The Morgan fingerprint density at radius 1 is 0.970 bits per heavy atom. The first kappa shape index (κ1) is 24.7. The molecule has 0 saturated heterocycles. The number of ether oxygens (including phenoxy) is 1. The molecule has 0 amide bonds. The van der Waals surface area contributed by atoms with Crippen LogP contribution in [0.1, 0.15) is 101 Å². The molecule has 2 fully saturated rings. The van der Waals surface area contributed by atoms with Crippen molar-refractivity contribution in [2.45, 2.75) is 106 Å². The zero-order valence-electron chi connectivity index (χ0n) is 22.6. The Kier molecular flexibility index (Phi) is 5.66. The van der Waals surface area contributed by atoms with Crippen LogP contribution in [0.5, 0.6) is 0 Å². The number of ketones is 2. The van der Waals surface area contributed by atoms with E-state index < -0.39 is 10.8 Å². The van der Waals surface area contributed by atoms with E-state index in [-0.39, 0.29) is 29.0 Å². The first-order valence-electron chi connectivity index (χ1n) is 13.2. The molecule has 0 radical (unpaired) electrons. The van der Waals surface area contributed by atoms with E-state index in [9.17, 15) is 9.59 Å². The van der Waals surface area contributed by atoms with Crippen LogP contribution in [0.25, 0.3) is 0 Å². The third kappa shape index (κ3) is 3.59. The molecule has 0 spiro atoms. The van der Waals surface area contributed by atoms with E-state index in [4.69, 9.17) is 4.74 Å². The lowest BCUT2D eigenvalue weighted by Crippen LogP contribution is -2.57. The summed E-state index contributed by atoms with van der Waals surface area (Å²) in [6.07, 6.45) is 6.31. The summed E-state index contributed by atoms with van der Waals surface area (Å²) >= 11 is 0. The van der Waals surface area contributed by atoms with Crippen LogP contribution in [-0.4, -0.2) is 17.2 Å². The maximum Gasteiger partial charge on any atom is 0.175 e. The summed E-state index contributed by atoms with van der Waals surface area (Å²) in [6.45, 7) is 23.7. The Morgan fingerprint density at radius 2 is 1.61 bits per heavy atom. The number of carbonyl (C=O) groups excluding carboxylic acids is 2. The maximum absolute atomic E-state index is 13.9. The largest absolute Gasteiger partial charge is 0.490 e. The molecule has 33 heavy (non-hydrogen) atoms. The van der Waals surface area contributed by atoms with E-state index in [1.807, 2.05) is 27.7 Å². The molecule has 5 atom stereocenters. The van der Waals surface area contributed by atoms with Gasteiger partial charge in [-0.3, -0.25) is 9.59 Å². The van der Waals surface area contributed by atoms with Gasteiger partial charge in [0, 0.05) is 11.5 Å². The predicted octanol–water partition coefficient (Wildman–Crippen LogP) is 7.30. The van der Waals surface area contributed by atoms with E-state index in [1.165, 1.54) is 12.0 Å². The fraction of sp³-hybridized carbons (Fsp3) is 0.800. The molecule has 4 aliphatic rings. The molecular weight excluding hydrogens is 408 g/mol. The third-order valence-electron chi connectivity index (χ3n) is 9.95. The van der Waals surface area contributed by atoms with Gasteiger partial charge in [0.25, 0.3) is 0 Å². The van der Waals surface area contributed by atoms with Crippen molar-refractivity contribution in [3.05, 3.63) is 23.5 Å². The number of hydrogen-bond acceptors (Lipinski definition) is 3. The number of rotatable bonds is 2. The van der Waals surface area contributed by atoms with Crippen molar-refractivity contribution >= 4 is 11.6 Å². The SMILES string of the molecule is C=C1CC[C@@H]2[C@H](CC(C)C)C3=C(O[C@@]2(C)CC[C@@H]2[C@@H]1CC2(C)C)C(C)(C)C(=O)C(C)(C)C3=O. The van der Waals surface area contributed by atoms with Gasteiger partial charge in [-0.15, -0.1) is 0 Å². The lowest BCUT2D eigenvalue weighted by atomic mass is 9.52. The number of fused-ring (bicyclic) bond motifs is 2. The zero-order valence-corrected chi connectivity index (χ0v) is 22.6. The maximum atomic E-state index is 13.9. The second kappa shape index (κ2) is 7.56. The van der Waals surface area contributed by atoms with Crippen LogP contribution < -0.4 is 0 Å². The number of carbonyl (C=O) groups is 2. The van der Waals surface area contributed by atoms with Gasteiger partial charge in [0.1, 0.15) is 11.4 Å². The molecule has 3 aliphatic carbocycles. The molecule has 0 N–H and O–H groups in total. The zero-order chi connectivity index (χ0) is 24.7. The minimum Gasteiger partial charge on any atom is -0.490 e. The Morgan fingerprint density at radius 3 is 2.18 bits per heavy atom. The number of hydrogen-bond donors (Lipinski definition) is 0. The molecular formula is C30H46O3. The van der Waals surface area contributed by atoms with Crippen molar-refractivity contribution in [1.29, 1.82) is 0 Å². The van der Waals surface area contributed by atoms with Crippen LogP contribution in [0, 0.1) is 45.8 Å². The van der Waals surface area contributed by atoms with E-state index >= 15 is 0 Å². The highest BCUT2D eigenvalue weighted by Crippen LogP contribution is 2.61. The van der Waals surface area contributed by atoms with E-state index in [0.717, 1.165) is 37.7 Å². The summed E-state index contributed by atoms with van der Waals surface area (Å²) in [7, 11) is 0. The van der Waals surface area contributed by atoms with Crippen molar-refractivity contribution in [3.8, 4) is 0 Å². The third-order valence-corrected chi connectivity index (χ3v) is 9.95. The van der Waals surface area contributed by atoms with Crippen molar-refractivity contribution < 1.29 is 14.3 Å². The van der Waals surface area contributed by atoms with Crippen LogP contribution in [0.15, 0.2) is 23.5 Å². The van der Waals surface area contributed by atoms with Crippen LogP contribution >= 0.6 is 0 Å². The molecule has 0 aromatic rings. The molecule has 1 heterocycles. The Bertz CT molecular complexity index is 915. The first-order valence-corrected chi connectivity index (χ1v) is 13.2. The smallest absolute Gasteiger partial charge is 0.175 e. The van der Waals surface area contributed by atoms with Gasteiger partial charge in [0.2, 0.25) is 0 Å². The number of Topliss-reactive ketones (excluding diaryl/α,β-unsaturated/α-hetero) is 2. The van der Waals surface area contributed by atoms with Crippen molar-refractivity contribution in [3.63, 3.8) is 0 Å². The summed E-state index contributed by atoms with van der Waals surface area (Å²) in [5, 5.41) is 0. The monoisotopic (exact) mass is 454 g/mol. The average molecular weight is 455 g/mol. The minimum absolute atomic E-state index is 0.00516. The highest BCUT2D eigenvalue weighted by Gasteiger charge is 2.61. The highest BCUT2D eigenvalue weighted by molar-refractivity contribution is 6.19. The Labute approximate surface area is 201 Å². The lowest BCUT2D eigenvalue weighted by molar-refractivity contribution is -0.156. The van der Waals surface area contributed by atoms with Crippen LogP contribution in [0.2, 0.25) is 0 Å². The predicted molar refractivity (Wildman–Crippen MR) is 134 cm³/mol. The van der Waals surface area contributed by atoms with E-state index in [1.54, 1.807) is 0 Å². The van der Waals surface area contributed by atoms with Gasteiger partial charge in [-0.25, -0.2) is 0 Å². The van der Waals surface area contributed by atoms with Gasteiger partial charge in [-0.05, 0) is 102 Å². The van der Waals surface area contributed by atoms with Gasteiger partial charge in [0.05, 0.1) is 10.8 Å². The van der Waals surface area contributed by atoms with Gasteiger partial charge < -0.3 is 4.74 Å². The first-order chi connectivity index (χ1) is 15.0. The van der Waals surface area contributed by atoms with Crippen molar-refractivity contribution in [2.75, 3.05) is 0 Å². The fourth-order valence-electron chi connectivity index (χ4n) is 7.99. The molecule has 0 aromatic carbocycles. The van der Waals surface area contributed by atoms with Crippen LogP contribution in [-0.2, 0) is 14.3 Å². The Balaban J connectivity index is 1.84. The minimum atomic E-state index is -1.00. The molecule has 3 nitrogen and oxygen atoms in total. The summed E-state index contributed by atoms with van der Waals surface area (Å²) in [5.41, 5.74) is 0.432. The van der Waals surface area contributed by atoms with Crippen LogP contribution in [0.3, 0.4) is 0 Å². The summed E-state index contributed by atoms with van der Waals surface area (Å²) in [6, 6.07) is 0. The van der Waals surface area contributed by atoms with Gasteiger partial charge >= 0.3 is 0 Å². The standard InChI is InChI=1S/C30H46O3/c1-17(2)15-19-22-12-11-18(3)20-16-27(4,5)21(20)13-14-30(22,10)33-25-23(19)24(31)28(6,7)26(32)29(25,8)9/h17,19-22H,3,11-16H2,1-2,4-10H3/t19-,20+,21+,22+,30-/m0/s1. The molecule has 184 valence electrons. The quantitative estimate of drug-likeness (QED) is 0.325. The summed E-state index contributed by atoms with van der Waals surface area (Å²) in [4.78, 5) is 27.4. The highest BCUT2D eigenvalue weighted by atomic mass is 16.5. The van der Waals surface area contributed by atoms with Gasteiger partial charge in [0.15, 0.2) is 11.6 Å². The van der Waals surface area contributed by atoms with Crippen molar-refractivity contribution in [2.24, 2.45) is 45.8 Å². The fourth-order valence-corrected chi connectivity index (χ4v) is 7.99. The molecule has 0 aromatic heterocycles. The van der Waals surface area contributed by atoms with Gasteiger partial charge in [-0.1, -0.05) is 39.8 Å². The average Bonchev–Trinajstić information content (AvgIpc) is 2.72. The topological polar surface area (TPSA) is 43.4 Å². The lowest BCUT2D eigenvalue weighted by Gasteiger charge is -2.55. The normalized spacial score (nSPS) is 39.4. The molecule has 1 aliphatic heterocycles. The molecule has 0 unspecified atom stereocenters. The van der Waals surface area contributed by atoms with Gasteiger partial charge in [-0.2, -0.15) is 0 Å².